The summed E-state index contributed by atoms with van der Waals surface area (Å²) in [4.78, 5) is 4.70. The molecule has 35 heavy (non-hydrogen) atoms. The smallest absolute Gasteiger partial charge is 0.0705 e. The van der Waals surface area contributed by atoms with Crippen LogP contribution >= 0.6 is 11.3 Å². The van der Waals surface area contributed by atoms with Gasteiger partial charge in [-0.25, -0.2) is 0 Å². The lowest BCUT2D eigenvalue weighted by atomic mass is 10.00. The molecule has 0 aliphatic heterocycles. The summed E-state index contributed by atoms with van der Waals surface area (Å²) in [6.07, 6.45) is 1.94. The molecule has 0 saturated heterocycles. The van der Waals surface area contributed by atoms with Crippen LogP contribution in [0.2, 0.25) is 0 Å². The maximum Gasteiger partial charge on any atom is 0.0705 e. The van der Waals surface area contributed by atoms with E-state index in [1.807, 2.05) is 17.5 Å². The van der Waals surface area contributed by atoms with Gasteiger partial charge in [0.15, 0.2) is 0 Å². The minimum absolute atomic E-state index is 0.483. The van der Waals surface area contributed by atoms with E-state index in [1.165, 1.54) is 69.4 Å². The van der Waals surface area contributed by atoms with E-state index in [2.05, 4.69) is 103 Å². The minimum atomic E-state index is 0.483. The van der Waals surface area contributed by atoms with E-state index in [0.29, 0.717) is 5.92 Å². The van der Waals surface area contributed by atoms with Crippen LogP contribution < -0.4 is 0 Å². The van der Waals surface area contributed by atoms with Crippen LogP contribution in [0.1, 0.15) is 25.3 Å². The lowest BCUT2D eigenvalue weighted by Gasteiger charge is -2.08. The highest BCUT2D eigenvalue weighted by molar-refractivity contribution is 7.26. The number of nitrogens with zero attached hydrogens (tertiary/aromatic N) is 2. The Hall–Kier alpha value is -3.95. The summed E-state index contributed by atoms with van der Waals surface area (Å²) < 4.78 is 5.18. The summed E-state index contributed by atoms with van der Waals surface area (Å²) in [6.45, 7) is 4.46. The van der Waals surface area contributed by atoms with E-state index in [-0.39, 0.29) is 0 Å². The second-order valence-electron chi connectivity index (χ2n) is 9.83. The molecule has 8 aromatic rings. The van der Waals surface area contributed by atoms with Crippen LogP contribution in [0, 0.1) is 0 Å². The molecular weight excluding hydrogens is 444 g/mol. The van der Waals surface area contributed by atoms with Crippen LogP contribution in [0.25, 0.3) is 69.5 Å². The first-order chi connectivity index (χ1) is 17.2. The Labute approximate surface area is 206 Å². The average molecular weight is 467 g/mol. The fraction of sp³-hybridized carbons (Fsp3) is 0.0938. The first kappa shape index (κ1) is 19.4. The summed E-state index contributed by atoms with van der Waals surface area (Å²) in [6, 6.07) is 31.4. The first-order valence-electron chi connectivity index (χ1n) is 12.2. The zero-order chi connectivity index (χ0) is 23.3. The van der Waals surface area contributed by atoms with Gasteiger partial charge in [0.25, 0.3) is 0 Å². The molecule has 8 rings (SSSR count). The third-order valence-electron chi connectivity index (χ3n) is 7.57. The number of benzene rings is 4. The molecule has 0 N–H and O–H groups in total. The molecule has 0 unspecified atom stereocenters. The van der Waals surface area contributed by atoms with Crippen LogP contribution in [-0.2, 0) is 0 Å². The van der Waals surface area contributed by atoms with Gasteiger partial charge in [-0.2, -0.15) is 0 Å². The van der Waals surface area contributed by atoms with Crippen LogP contribution in [0.15, 0.2) is 91.1 Å². The lowest BCUT2D eigenvalue weighted by molar-refractivity contribution is 0.864. The molecule has 0 aliphatic carbocycles. The van der Waals surface area contributed by atoms with Crippen molar-refractivity contribution in [3.8, 4) is 11.3 Å². The van der Waals surface area contributed by atoms with Gasteiger partial charge in [-0.05, 0) is 53.9 Å². The summed E-state index contributed by atoms with van der Waals surface area (Å²) in [5.41, 5.74) is 7.40. The van der Waals surface area contributed by atoms with Crippen LogP contribution in [0.3, 0.4) is 0 Å². The highest BCUT2D eigenvalue weighted by Gasteiger charge is 2.20. The van der Waals surface area contributed by atoms with E-state index >= 15 is 0 Å². The van der Waals surface area contributed by atoms with Crippen LogP contribution in [0.4, 0.5) is 0 Å². The molecule has 2 nitrogen and oxygen atoms in total. The molecule has 0 saturated carbocycles. The normalized spacial score (nSPS) is 12.5. The fourth-order valence-electron chi connectivity index (χ4n) is 5.91. The number of thiophene rings is 1. The van der Waals surface area contributed by atoms with Crippen molar-refractivity contribution in [2.24, 2.45) is 0 Å². The summed E-state index contributed by atoms with van der Waals surface area (Å²) in [7, 11) is 0. The molecule has 0 bridgehead atoms. The fourth-order valence-corrected chi connectivity index (χ4v) is 7.02. The number of pyridine rings is 1. The number of hydrogen-bond acceptors (Lipinski definition) is 2. The van der Waals surface area contributed by atoms with Crippen molar-refractivity contribution in [3.05, 3.63) is 96.7 Å². The van der Waals surface area contributed by atoms with Crippen LogP contribution in [-0.4, -0.2) is 9.38 Å². The molecular formula is C32H22N2S. The van der Waals surface area contributed by atoms with Crippen molar-refractivity contribution in [1.29, 1.82) is 0 Å². The Bertz CT molecular complexity index is 2090. The third kappa shape index (κ3) is 2.51. The molecule has 4 aromatic heterocycles. The van der Waals surface area contributed by atoms with Gasteiger partial charge >= 0.3 is 0 Å². The molecule has 0 spiro atoms. The van der Waals surface area contributed by atoms with E-state index < -0.39 is 0 Å². The molecule has 0 amide bonds. The van der Waals surface area contributed by atoms with Crippen molar-refractivity contribution in [1.82, 2.24) is 9.38 Å². The zero-order valence-electron chi connectivity index (χ0n) is 19.5. The highest BCUT2D eigenvalue weighted by Crippen LogP contribution is 2.45. The molecule has 3 heteroatoms. The van der Waals surface area contributed by atoms with Crippen molar-refractivity contribution in [3.63, 3.8) is 0 Å². The van der Waals surface area contributed by atoms with E-state index in [1.54, 1.807) is 0 Å². The maximum atomic E-state index is 4.70. The molecule has 4 heterocycles. The van der Waals surface area contributed by atoms with E-state index in [0.717, 1.165) is 5.69 Å². The zero-order valence-corrected chi connectivity index (χ0v) is 20.4. The Morgan fingerprint density at radius 2 is 1.51 bits per heavy atom. The predicted octanol–water partition coefficient (Wildman–Crippen LogP) is 9.39. The molecule has 4 aromatic carbocycles. The number of rotatable bonds is 2. The first-order valence-corrected chi connectivity index (χ1v) is 13.0. The second kappa shape index (κ2) is 6.80. The van der Waals surface area contributed by atoms with Crippen molar-refractivity contribution >= 4 is 69.6 Å². The Morgan fingerprint density at radius 3 is 2.43 bits per heavy atom. The lowest BCUT2D eigenvalue weighted by Crippen LogP contribution is -1.90. The second-order valence-corrected chi connectivity index (χ2v) is 10.9. The standard InChI is InChI=1S/C32H22N2S/c1-18(2)19-14-15-33-25(17-19)20-10-11-26-24(16-20)21-7-5-8-23-30-27(34(26)32(21)23)12-13-29-31(30)22-6-3-4-9-28(22)35-29/h3-18H,1-2H3. The molecule has 0 atom stereocenters. The molecule has 166 valence electrons. The van der Waals surface area contributed by atoms with Gasteiger partial charge in [0, 0.05) is 53.5 Å². The number of para-hydroxylation sites is 1. The van der Waals surface area contributed by atoms with E-state index in [4.69, 9.17) is 4.98 Å². The number of hydrogen-bond donors (Lipinski definition) is 0. The van der Waals surface area contributed by atoms with Crippen molar-refractivity contribution in [2.75, 3.05) is 0 Å². The van der Waals surface area contributed by atoms with Crippen LogP contribution in [0.5, 0.6) is 0 Å². The van der Waals surface area contributed by atoms with E-state index in [9.17, 15) is 0 Å². The molecule has 0 aliphatic rings. The van der Waals surface area contributed by atoms with Crippen molar-refractivity contribution in [2.45, 2.75) is 19.8 Å². The Morgan fingerprint density at radius 1 is 0.686 bits per heavy atom. The summed E-state index contributed by atoms with van der Waals surface area (Å²) >= 11 is 1.89. The largest absolute Gasteiger partial charge is 0.308 e. The van der Waals surface area contributed by atoms with Gasteiger partial charge in [0.2, 0.25) is 0 Å². The van der Waals surface area contributed by atoms with Crippen molar-refractivity contribution < 1.29 is 0 Å². The van der Waals surface area contributed by atoms with Gasteiger partial charge in [-0.15, -0.1) is 11.3 Å². The average Bonchev–Trinajstić information content (AvgIpc) is 3.54. The maximum absolute atomic E-state index is 4.70. The van der Waals surface area contributed by atoms with Gasteiger partial charge in [-0.1, -0.05) is 56.3 Å². The monoisotopic (exact) mass is 466 g/mol. The summed E-state index contributed by atoms with van der Waals surface area (Å²) in [5, 5.41) is 8.05. The van der Waals surface area contributed by atoms with Gasteiger partial charge in [-0.3, -0.25) is 4.98 Å². The SMILES string of the molecule is CC(C)c1ccnc(-c2ccc3c(c2)c2cccc4c5c6c(ccc5n3c24)sc2ccccc26)c1. The molecule has 0 radical (unpaired) electrons. The van der Waals surface area contributed by atoms with Gasteiger partial charge in [0.1, 0.15) is 0 Å². The predicted molar refractivity (Wildman–Crippen MR) is 151 cm³/mol. The Kier molecular flexibility index (Phi) is 3.76. The van der Waals surface area contributed by atoms with Gasteiger partial charge < -0.3 is 4.40 Å². The minimum Gasteiger partial charge on any atom is -0.308 e. The van der Waals surface area contributed by atoms with Gasteiger partial charge in [0.05, 0.1) is 22.2 Å². The Balaban J connectivity index is 1.49. The summed E-state index contributed by atoms with van der Waals surface area (Å²) in [5.74, 6) is 0.483. The highest BCUT2D eigenvalue weighted by atomic mass is 32.1. The number of fused-ring (bicyclic) bond motifs is 10. The third-order valence-corrected chi connectivity index (χ3v) is 8.70. The quantitative estimate of drug-likeness (QED) is 0.248. The molecule has 0 fully saturated rings. The topological polar surface area (TPSA) is 17.3 Å². The number of aromatic nitrogens is 2.